The van der Waals surface area contributed by atoms with Crippen LogP contribution in [0.4, 0.5) is 4.39 Å². The van der Waals surface area contributed by atoms with Crippen molar-refractivity contribution in [2.45, 2.75) is 51.1 Å². The van der Waals surface area contributed by atoms with Gasteiger partial charge in [0, 0.05) is 27.9 Å². The van der Waals surface area contributed by atoms with Gasteiger partial charge in [0.1, 0.15) is 5.82 Å². The molecule has 7 nitrogen and oxygen atoms in total. The number of halogens is 2. The Labute approximate surface area is 206 Å². The SMILES string of the molecule is O=C(c1nn(-c2ccc(F)cc2)c2c1CCCC2)N(Cc1nnc(-c2ccc(Cl)cc2)o1)C1CC1. The number of benzene rings is 2. The summed E-state index contributed by atoms with van der Waals surface area (Å²) in [6.45, 7) is 0.224. The average Bonchev–Trinajstić information content (AvgIpc) is 3.48. The summed E-state index contributed by atoms with van der Waals surface area (Å²) < 4.78 is 21.2. The molecule has 0 saturated heterocycles. The molecule has 0 radical (unpaired) electrons. The zero-order valence-electron chi connectivity index (χ0n) is 19.0. The number of hydrogen-bond donors (Lipinski definition) is 0. The zero-order valence-corrected chi connectivity index (χ0v) is 19.7. The van der Waals surface area contributed by atoms with Gasteiger partial charge >= 0.3 is 0 Å². The summed E-state index contributed by atoms with van der Waals surface area (Å²) >= 11 is 5.97. The first-order valence-corrected chi connectivity index (χ1v) is 12.2. The second-order valence-corrected chi connectivity index (χ2v) is 9.48. The van der Waals surface area contributed by atoms with Crippen molar-refractivity contribution in [3.8, 4) is 17.1 Å². The third kappa shape index (κ3) is 4.34. The van der Waals surface area contributed by atoms with E-state index in [0.717, 1.165) is 61.0 Å². The predicted molar refractivity (Wildman–Crippen MR) is 128 cm³/mol. The number of amides is 1. The molecule has 0 atom stereocenters. The maximum absolute atomic E-state index is 13.8. The third-order valence-electron chi connectivity index (χ3n) is 6.57. The van der Waals surface area contributed by atoms with E-state index in [1.807, 2.05) is 12.1 Å². The van der Waals surface area contributed by atoms with Gasteiger partial charge in [0.05, 0.1) is 12.2 Å². The normalized spacial score (nSPS) is 15.1. The van der Waals surface area contributed by atoms with Gasteiger partial charge in [0.15, 0.2) is 5.69 Å². The molecular formula is C26H23ClFN5O2. The molecular weight excluding hydrogens is 469 g/mol. The molecule has 1 fully saturated rings. The van der Waals surface area contributed by atoms with Crippen LogP contribution in [0.2, 0.25) is 5.02 Å². The highest BCUT2D eigenvalue weighted by atomic mass is 35.5. The second kappa shape index (κ2) is 8.92. The summed E-state index contributed by atoms with van der Waals surface area (Å²) in [4.78, 5) is 15.6. The summed E-state index contributed by atoms with van der Waals surface area (Å²) in [5.41, 5.74) is 4.01. The molecule has 2 heterocycles. The van der Waals surface area contributed by atoms with Crippen molar-refractivity contribution in [3.63, 3.8) is 0 Å². The number of rotatable bonds is 6. The Morgan fingerprint density at radius 1 is 1.06 bits per heavy atom. The molecule has 1 saturated carbocycles. The standard InChI is InChI=1S/C26H23ClFN5O2/c27-17-7-5-16(6-8-17)25-30-29-23(35-25)15-32(19-13-14-19)26(34)24-21-3-1-2-4-22(21)33(31-24)20-11-9-18(28)10-12-20/h5-12,19H,1-4,13-15H2. The average molecular weight is 492 g/mol. The quantitative estimate of drug-likeness (QED) is 0.361. The van der Waals surface area contributed by atoms with Crippen molar-refractivity contribution in [1.82, 2.24) is 24.9 Å². The van der Waals surface area contributed by atoms with Gasteiger partial charge in [-0.25, -0.2) is 9.07 Å². The molecule has 1 amide bonds. The molecule has 0 unspecified atom stereocenters. The molecule has 9 heteroatoms. The van der Waals surface area contributed by atoms with E-state index >= 15 is 0 Å². The van der Waals surface area contributed by atoms with Gasteiger partial charge in [-0.1, -0.05) is 11.6 Å². The van der Waals surface area contributed by atoms with Crippen LogP contribution in [-0.4, -0.2) is 36.8 Å². The van der Waals surface area contributed by atoms with Crippen molar-refractivity contribution in [2.24, 2.45) is 0 Å². The third-order valence-corrected chi connectivity index (χ3v) is 6.82. The summed E-state index contributed by atoms with van der Waals surface area (Å²) in [6.07, 6.45) is 5.56. The predicted octanol–water partition coefficient (Wildman–Crippen LogP) is 5.40. The molecule has 2 aromatic heterocycles. The highest BCUT2D eigenvalue weighted by Gasteiger charge is 2.37. The van der Waals surface area contributed by atoms with Crippen molar-refractivity contribution >= 4 is 17.5 Å². The highest BCUT2D eigenvalue weighted by molar-refractivity contribution is 6.30. The van der Waals surface area contributed by atoms with E-state index in [-0.39, 0.29) is 24.3 Å². The Kier molecular flexibility index (Phi) is 5.60. The number of aromatic nitrogens is 4. The first kappa shape index (κ1) is 22.0. The molecule has 4 aromatic rings. The van der Waals surface area contributed by atoms with Crippen LogP contribution >= 0.6 is 11.6 Å². The van der Waals surface area contributed by atoms with Crippen LogP contribution in [0.1, 0.15) is 53.3 Å². The van der Waals surface area contributed by atoms with E-state index in [2.05, 4.69) is 10.2 Å². The Hall–Kier alpha value is -3.52. The van der Waals surface area contributed by atoms with Crippen LogP contribution < -0.4 is 0 Å². The first-order chi connectivity index (χ1) is 17.1. The smallest absolute Gasteiger partial charge is 0.275 e. The summed E-state index contributed by atoms with van der Waals surface area (Å²) in [5.74, 6) is 0.334. The summed E-state index contributed by atoms with van der Waals surface area (Å²) in [6, 6.07) is 13.5. The minimum atomic E-state index is -0.302. The molecule has 0 N–H and O–H groups in total. The van der Waals surface area contributed by atoms with Gasteiger partial charge in [-0.3, -0.25) is 4.79 Å². The van der Waals surface area contributed by atoms with E-state index in [1.54, 1.807) is 33.8 Å². The second-order valence-electron chi connectivity index (χ2n) is 9.04. The number of carbonyl (C=O) groups is 1. The van der Waals surface area contributed by atoms with E-state index in [1.165, 1.54) is 12.1 Å². The molecule has 2 aliphatic carbocycles. The maximum Gasteiger partial charge on any atom is 0.275 e. The largest absolute Gasteiger partial charge is 0.419 e. The molecule has 2 aliphatic rings. The molecule has 2 aromatic carbocycles. The number of hydrogen-bond acceptors (Lipinski definition) is 5. The van der Waals surface area contributed by atoms with Gasteiger partial charge in [-0.2, -0.15) is 5.10 Å². The molecule has 0 aliphatic heterocycles. The van der Waals surface area contributed by atoms with Gasteiger partial charge < -0.3 is 9.32 Å². The Balaban J connectivity index is 1.30. The summed E-state index contributed by atoms with van der Waals surface area (Å²) in [5, 5.41) is 13.7. The van der Waals surface area contributed by atoms with Crippen molar-refractivity contribution in [2.75, 3.05) is 0 Å². The van der Waals surface area contributed by atoms with Gasteiger partial charge in [-0.05, 0) is 87.1 Å². The van der Waals surface area contributed by atoms with Crippen LogP contribution in [0.15, 0.2) is 52.9 Å². The Morgan fingerprint density at radius 2 is 1.80 bits per heavy atom. The van der Waals surface area contributed by atoms with Crippen LogP contribution in [-0.2, 0) is 19.4 Å². The lowest BCUT2D eigenvalue weighted by Gasteiger charge is -2.20. The van der Waals surface area contributed by atoms with Gasteiger partial charge in [0.25, 0.3) is 5.91 Å². The fraction of sp³-hybridized carbons (Fsp3) is 0.308. The molecule has 0 bridgehead atoms. The molecule has 35 heavy (non-hydrogen) atoms. The number of carbonyl (C=O) groups excluding carboxylic acids is 1. The monoisotopic (exact) mass is 491 g/mol. The zero-order chi connectivity index (χ0) is 23.9. The van der Waals surface area contributed by atoms with Gasteiger partial charge in [0.2, 0.25) is 11.8 Å². The summed E-state index contributed by atoms with van der Waals surface area (Å²) in [7, 11) is 0. The van der Waals surface area contributed by atoms with Crippen LogP contribution in [0.5, 0.6) is 0 Å². The van der Waals surface area contributed by atoms with Gasteiger partial charge in [-0.15, -0.1) is 10.2 Å². The topological polar surface area (TPSA) is 77.1 Å². The maximum atomic E-state index is 13.8. The fourth-order valence-electron chi connectivity index (χ4n) is 4.63. The van der Waals surface area contributed by atoms with E-state index in [9.17, 15) is 9.18 Å². The molecule has 0 spiro atoms. The van der Waals surface area contributed by atoms with Crippen LogP contribution in [0.3, 0.4) is 0 Å². The minimum Gasteiger partial charge on any atom is -0.419 e. The molecule has 6 rings (SSSR count). The van der Waals surface area contributed by atoms with Crippen molar-refractivity contribution < 1.29 is 13.6 Å². The van der Waals surface area contributed by atoms with E-state index < -0.39 is 0 Å². The highest BCUT2D eigenvalue weighted by Crippen LogP contribution is 2.33. The Bertz CT molecular complexity index is 1380. The molecule has 178 valence electrons. The lowest BCUT2D eigenvalue weighted by atomic mass is 9.95. The fourth-order valence-corrected chi connectivity index (χ4v) is 4.75. The van der Waals surface area contributed by atoms with Crippen LogP contribution in [0.25, 0.3) is 17.1 Å². The lowest BCUT2D eigenvalue weighted by molar-refractivity contribution is 0.0706. The number of nitrogens with zero attached hydrogens (tertiary/aromatic N) is 5. The van der Waals surface area contributed by atoms with E-state index in [4.69, 9.17) is 21.1 Å². The lowest BCUT2D eigenvalue weighted by Crippen LogP contribution is -2.33. The first-order valence-electron chi connectivity index (χ1n) is 11.8. The van der Waals surface area contributed by atoms with Crippen molar-refractivity contribution in [1.29, 1.82) is 0 Å². The van der Waals surface area contributed by atoms with Crippen molar-refractivity contribution in [3.05, 3.63) is 82.2 Å². The van der Waals surface area contributed by atoms with E-state index in [0.29, 0.717) is 22.5 Å². The Morgan fingerprint density at radius 3 is 2.54 bits per heavy atom. The van der Waals surface area contributed by atoms with Crippen LogP contribution in [0, 0.1) is 5.82 Å². The number of fused-ring (bicyclic) bond motifs is 1. The minimum absolute atomic E-state index is 0.127.